The van der Waals surface area contributed by atoms with Gasteiger partial charge >= 0.3 is 0 Å². The molecule has 19 heavy (non-hydrogen) atoms. The van der Waals surface area contributed by atoms with Crippen molar-refractivity contribution >= 4 is 15.9 Å². The minimum Gasteiger partial charge on any atom is -0.493 e. The number of methoxy groups -OCH3 is 1. The second-order valence-electron chi connectivity index (χ2n) is 4.89. The summed E-state index contributed by atoms with van der Waals surface area (Å²) in [4.78, 5) is 0. The third-order valence-electron chi connectivity index (χ3n) is 3.36. The summed E-state index contributed by atoms with van der Waals surface area (Å²) in [6, 6.07) is 5.64. The molecule has 0 aliphatic heterocycles. The van der Waals surface area contributed by atoms with E-state index in [2.05, 4.69) is 15.9 Å². The molecule has 1 aliphatic rings. The normalized spacial score (nSPS) is 21.4. The molecule has 2 nitrogen and oxygen atoms in total. The van der Waals surface area contributed by atoms with Gasteiger partial charge in [-0.25, -0.2) is 8.78 Å². The van der Waals surface area contributed by atoms with Gasteiger partial charge in [0.05, 0.1) is 13.7 Å². The van der Waals surface area contributed by atoms with Crippen LogP contribution in [0.3, 0.4) is 0 Å². The zero-order valence-corrected chi connectivity index (χ0v) is 12.4. The number of hydrogen-bond acceptors (Lipinski definition) is 2. The van der Waals surface area contributed by atoms with E-state index in [9.17, 15) is 8.78 Å². The fraction of sp³-hybridized carbons (Fsp3) is 0.571. The lowest BCUT2D eigenvalue weighted by atomic mass is 10.1. The molecule has 1 atom stereocenters. The average Bonchev–Trinajstić information content (AvgIpc) is 2.75. The SMILES string of the molecule is COc1ccc(CBr)cc1OCC1CCC(F)(F)C1. The van der Waals surface area contributed by atoms with E-state index in [-0.39, 0.29) is 18.8 Å². The monoisotopic (exact) mass is 334 g/mol. The lowest BCUT2D eigenvalue weighted by molar-refractivity contribution is 0.00288. The van der Waals surface area contributed by atoms with Crippen molar-refractivity contribution in [3.05, 3.63) is 23.8 Å². The second kappa shape index (κ2) is 6.07. The molecule has 0 aromatic heterocycles. The highest BCUT2D eigenvalue weighted by molar-refractivity contribution is 9.08. The number of hydrogen-bond donors (Lipinski definition) is 0. The van der Waals surface area contributed by atoms with Crippen LogP contribution >= 0.6 is 15.9 Å². The Hall–Kier alpha value is -0.840. The standard InChI is InChI=1S/C14H17BrF2O2/c1-18-12-3-2-10(8-15)6-13(12)19-9-11-4-5-14(16,17)7-11/h2-3,6,11H,4-5,7-9H2,1H3. The highest BCUT2D eigenvalue weighted by Gasteiger charge is 2.39. The third kappa shape index (κ3) is 3.81. The fourth-order valence-electron chi connectivity index (χ4n) is 2.31. The van der Waals surface area contributed by atoms with Gasteiger partial charge in [0.1, 0.15) is 0 Å². The molecule has 1 aromatic carbocycles. The molecule has 0 bridgehead atoms. The maximum absolute atomic E-state index is 13.1. The van der Waals surface area contributed by atoms with Crippen LogP contribution in [0, 0.1) is 5.92 Å². The van der Waals surface area contributed by atoms with Crippen LogP contribution in [0.25, 0.3) is 0 Å². The predicted octanol–water partition coefficient (Wildman–Crippen LogP) is 4.40. The van der Waals surface area contributed by atoms with Gasteiger partial charge in [-0.3, -0.25) is 0 Å². The van der Waals surface area contributed by atoms with Crippen LogP contribution in [0.4, 0.5) is 8.78 Å². The van der Waals surface area contributed by atoms with Gasteiger partial charge < -0.3 is 9.47 Å². The topological polar surface area (TPSA) is 18.5 Å². The van der Waals surface area contributed by atoms with Crippen molar-refractivity contribution in [2.24, 2.45) is 5.92 Å². The fourth-order valence-corrected chi connectivity index (χ4v) is 2.66. The third-order valence-corrected chi connectivity index (χ3v) is 4.01. The summed E-state index contributed by atoms with van der Waals surface area (Å²) < 4.78 is 37.1. The first kappa shape index (κ1) is 14.6. The number of ether oxygens (including phenoxy) is 2. The molecule has 1 aromatic rings. The van der Waals surface area contributed by atoms with E-state index in [0.717, 1.165) is 10.9 Å². The first-order valence-electron chi connectivity index (χ1n) is 6.27. The van der Waals surface area contributed by atoms with Crippen LogP contribution in [0.2, 0.25) is 0 Å². The van der Waals surface area contributed by atoms with Crippen molar-refractivity contribution < 1.29 is 18.3 Å². The lowest BCUT2D eigenvalue weighted by Gasteiger charge is -2.15. The van der Waals surface area contributed by atoms with Gasteiger partial charge in [-0.15, -0.1) is 0 Å². The van der Waals surface area contributed by atoms with Crippen molar-refractivity contribution in [1.29, 1.82) is 0 Å². The Morgan fingerprint density at radius 1 is 1.37 bits per heavy atom. The van der Waals surface area contributed by atoms with E-state index < -0.39 is 5.92 Å². The van der Waals surface area contributed by atoms with Crippen molar-refractivity contribution in [2.75, 3.05) is 13.7 Å². The van der Waals surface area contributed by atoms with Crippen molar-refractivity contribution in [1.82, 2.24) is 0 Å². The Morgan fingerprint density at radius 3 is 2.74 bits per heavy atom. The molecule has 0 amide bonds. The first-order chi connectivity index (χ1) is 9.04. The lowest BCUT2D eigenvalue weighted by Crippen LogP contribution is -2.14. The minimum atomic E-state index is -2.52. The van der Waals surface area contributed by atoms with E-state index in [4.69, 9.17) is 9.47 Å². The molecule has 0 heterocycles. The van der Waals surface area contributed by atoms with Gasteiger partial charge in [0.15, 0.2) is 11.5 Å². The van der Waals surface area contributed by atoms with E-state index in [1.54, 1.807) is 7.11 Å². The molecule has 0 spiro atoms. The minimum absolute atomic E-state index is 0.0282. The maximum Gasteiger partial charge on any atom is 0.248 e. The average molecular weight is 335 g/mol. The van der Waals surface area contributed by atoms with Gasteiger partial charge in [0, 0.05) is 18.2 Å². The predicted molar refractivity (Wildman–Crippen MR) is 73.4 cm³/mol. The highest BCUT2D eigenvalue weighted by atomic mass is 79.9. The summed E-state index contributed by atoms with van der Waals surface area (Å²) >= 11 is 3.37. The molecule has 0 radical (unpaired) electrons. The number of halogens is 3. The zero-order chi connectivity index (χ0) is 13.9. The smallest absolute Gasteiger partial charge is 0.248 e. The van der Waals surface area contributed by atoms with Crippen LogP contribution in [-0.4, -0.2) is 19.6 Å². The molecular weight excluding hydrogens is 318 g/mol. The number of benzene rings is 1. The van der Waals surface area contributed by atoms with Crippen LogP contribution in [0.1, 0.15) is 24.8 Å². The highest BCUT2D eigenvalue weighted by Crippen LogP contribution is 2.39. The van der Waals surface area contributed by atoms with Gasteiger partial charge in [-0.2, -0.15) is 0 Å². The van der Waals surface area contributed by atoms with E-state index >= 15 is 0 Å². The molecule has 1 fully saturated rings. The van der Waals surface area contributed by atoms with Crippen LogP contribution in [-0.2, 0) is 5.33 Å². The van der Waals surface area contributed by atoms with Gasteiger partial charge in [-0.05, 0) is 30.0 Å². The van der Waals surface area contributed by atoms with Crippen LogP contribution in [0.15, 0.2) is 18.2 Å². The van der Waals surface area contributed by atoms with Gasteiger partial charge in [0.2, 0.25) is 5.92 Å². The Kier molecular flexibility index (Phi) is 4.66. The molecular formula is C14H17BrF2O2. The van der Waals surface area contributed by atoms with Crippen molar-refractivity contribution in [2.45, 2.75) is 30.5 Å². The van der Waals surface area contributed by atoms with E-state index in [0.29, 0.717) is 24.5 Å². The Balaban J connectivity index is 1.98. The van der Waals surface area contributed by atoms with Crippen LogP contribution < -0.4 is 9.47 Å². The zero-order valence-electron chi connectivity index (χ0n) is 10.8. The Bertz CT molecular complexity index is 437. The molecule has 2 rings (SSSR count). The number of rotatable bonds is 5. The molecule has 1 aliphatic carbocycles. The summed E-state index contributed by atoms with van der Waals surface area (Å²) in [5, 5.41) is 0.717. The number of alkyl halides is 3. The van der Waals surface area contributed by atoms with Crippen molar-refractivity contribution in [3.63, 3.8) is 0 Å². The largest absolute Gasteiger partial charge is 0.493 e. The van der Waals surface area contributed by atoms with Gasteiger partial charge in [0.25, 0.3) is 0 Å². The molecule has 1 saturated carbocycles. The molecule has 5 heteroatoms. The van der Waals surface area contributed by atoms with Crippen molar-refractivity contribution in [3.8, 4) is 11.5 Å². The Morgan fingerprint density at radius 2 is 2.16 bits per heavy atom. The van der Waals surface area contributed by atoms with Crippen LogP contribution in [0.5, 0.6) is 11.5 Å². The quantitative estimate of drug-likeness (QED) is 0.743. The Labute approximate surface area is 120 Å². The molecule has 106 valence electrons. The molecule has 0 N–H and O–H groups in total. The second-order valence-corrected chi connectivity index (χ2v) is 5.46. The summed E-state index contributed by atoms with van der Waals surface area (Å²) in [6.07, 6.45) is 0.417. The van der Waals surface area contributed by atoms with E-state index in [1.165, 1.54) is 0 Å². The molecule has 0 saturated heterocycles. The molecule has 1 unspecified atom stereocenters. The summed E-state index contributed by atoms with van der Waals surface area (Å²) in [5.74, 6) is -1.34. The maximum atomic E-state index is 13.1. The van der Waals surface area contributed by atoms with Gasteiger partial charge in [-0.1, -0.05) is 22.0 Å². The van der Waals surface area contributed by atoms with E-state index in [1.807, 2.05) is 18.2 Å². The summed E-state index contributed by atoms with van der Waals surface area (Å²) in [6.45, 7) is 0.317. The summed E-state index contributed by atoms with van der Waals surface area (Å²) in [5.41, 5.74) is 1.06. The summed E-state index contributed by atoms with van der Waals surface area (Å²) in [7, 11) is 1.57. The first-order valence-corrected chi connectivity index (χ1v) is 7.40.